The minimum atomic E-state index is 0.262. The molecule has 0 N–H and O–H groups in total. The summed E-state index contributed by atoms with van der Waals surface area (Å²) in [6, 6.07) is 9.06. The average molecular weight is 233 g/mol. The van der Waals surface area contributed by atoms with Crippen molar-refractivity contribution in [3.63, 3.8) is 0 Å². The lowest BCUT2D eigenvalue weighted by molar-refractivity contribution is 0.178. The third-order valence-electron chi connectivity index (χ3n) is 3.53. The van der Waals surface area contributed by atoms with Gasteiger partial charge in [-0.2, -0.15) is 0 Å². The van der Waals surface area contributed by atoms with E-state index in [1.807, 2.05) is 0 Å². The van der Waals surface area contributed by atoms with Gasteiger partial charge >= 0.3 is 0 Å². The van der Waals surface area contributed by atoms with Crippen LogP contribution in [0.1, 0.15) is 51.7 Å². The summed E-state index contributed by atoms with van der Waals surface area (Å²) >= 11 is 0. The molecule has 0 aromatic heterocycles. The number of hydrogen-bond donors (Lipinski definition) is 0. The predicted octanol–water partition coefficient (Wildman–Crippen LogP) is 4.08. The Hall–Kier alpha value is -0.820. The molecular formula is C16H27N. The number of likely N-dealkylation sites (N-methyl/N-ethyl adjacent to an activating group) is 1. The molecule has 1 aromatic carbocycles. The van der Waals surface area contributed by atoms with Crippen molar-refractivity contribution in [2.45, 2.75) is 52.5 Å². The Kier molecular flexibility index (Phi) is 4.76. The van der Waals surface area contributed by atoms with Gasteiger partial charge in [-0.05, 0) is 51.3 Å². The van der Waals surface area contributed by atoms with Crippen molar-refractivity contribution >= 4 is 0 Å². The average Bonchev–Trinajstić information content (AvgIpc) is 2.25. The number of rotatable bonds is 4. The number of hydrogen-bond acceptors (Lipinski definition) is 1. The maximum absolute atomic E-state index is 2.41. The highest BCUT2D eigenvalue weighted by atomic mass is 15.1. The maximum Gasteiger partial charge on any atom is 0.0122 e. The fourth-order valence-corrected chi connectivity index (χ4v) is 1.70. The van der Waals surface area contributed by atoms with Crippen molar-refractivity contribution in [2.75, 3.05) is 13.6 Å². The molecule has 1 heteroatoms. The Balaban J connectivity index is 2.53. The molecule has 1 nitrogen and oxygen atoms in total. The molecular weight excluding hydrogens is 206 g/mol. The molecule has 1 aromatic rings. The van der Waals surface area contributed by atoms with E-state index in [0.717, 1.165) is 13.0 Å². The van der Waals surface area contributed by atoms with E-state index in [0.29, 0.717) is 5.92 Å². The molecule has 96 valence electrons. The minimum absolute atomic E-state index is 0.262. The fourth-order valence-electron chi connectivity index (χ4n) is 1.70. The van der Waals surface area contributed by atoms with Crippen LogP contribution in [0.4, 0.5) is 0 Å². The molecule has 0 saturated heterocycles. The van der Waals surface area contributed by atoms with Gasteiger partial charge in [0.15, 0.2) is 0 Å². The Morgan fingerprint density at radius 2 is 1.59 bits per heavy atom. The number of nitrogens with zero attached hydrogens (tertiary/aromatic N) is 1. The van der Waals surface area contributed by atoms with Crippen LogP contribution in [0.2, 0.25) is 0 Å². The van der Waals surface area contributed by atoms with Crippen LogP contribution in [0.5, 0.6) is 0 Å². The molecule has 0 unspecified atom stereocenters. The Labute approximate surface area is 107 Å². The second-order valence-corrected chi connectivity index (χ2v) is 6.24. The van der Waals surface area contributed by atoms with Gasteiger partial charge < -0.3 is 4.90 Å². The summed E-state index contributed by atoms with van der Waals surface area (Å²) in [5, 5.41) is 0. The quantitative estimate of drug-likeness (QED) is 0.757. The van der Waals surface area contributed by atoms with Crippen LogP contribution in [0.25, 0.3) is 0 Å². The summed E-state index contributed by atoms with van der Waals surface area (Å²) in [5.41, 5.74) is 3.13. The lowest BCUT2D eigenvalue weighted by atomic mass is 10.0. The van der Waals surface area contributed by atoms with Gasteiger partial charge in [0.25, 0.3) is 0 Å². The molecule has 0 heterocycles. The van der Waals surface area contributed by atoms with Gasteiger partial charge in [0, 0.05) is 12.1 Å². The van der Waals surface area contributed by atoms with Gasteiger partial charge in [0.05, 0.1) is 0 Å². The molecule has 0 atom stereocenters. The zero-order valence-electron chi connectivity index (χ0n) is 12.2. The standard InChI is InChI=1S/C16H27N/c1-13(2)15-9-7-14(8-10-15)11-12-17(6)16(3,4)5/h7-10,13H,11-12H2,1-6H3. The monoisotopic (exact) mass is 233 g/mol. The van der Waals surface area contributed by atoms with Crippen LogP contribution in [-0.4, -0.2) is 24.0 Å². The van der Waals surface area contributed by atoms with Crippen molar-refractivity contribution in [2.24, 2.45) is 0 Å². The van der Waals surface area contributed by atoms with E-state index in [1.165, 1.54) is 11.1 Å². The van der Waals surface area contributed by atoms with Gasteiger partial charge in [-0.1, -0.05) is 38.1 Å². The van der Waals surface area contributed by atoms with E-state index in [4.69, 9.17) is 0 Å². The first-order chi connectivity index (χ1) is 7.80. The van der Waals surface area contributed by atoms with Crippen LogP contribution < -0.4 is 0 Å². The van der Waals surface area contributed by atoms with Crippen molar-refractivity contribution in [1.82, 2.24) is 4.90 Å². The third kappa shape index (κ3) is 4.51. The zero-order valence-corrected chi connectivity index (χ0v) is 12.2. The molecule has 0 aliphatic heterocycles. The highest BCUT2D eigenvalue weighted by Gasteiger charge is 2.15. The molecule has 0 spiro atoms. The molecule has 0 bridgehead atoms. The van der Waals surface area contributed by atoms with Gasteiger partial charge in [-0.25, -0.2) is 0 Å². The van der Waals surface area contributed by atoms with Crippen molar-refractivity contribution in [1.29, 1.82) is 0 Å². The molecule has 0 radical (unpaired) electrons. The second-order valence-electron chi connectivity index (χ2n) is 6.24. The first-order valence-electron chi connectivity index (χ1n) is 6.61. The summed E-state index contributed by atoms with van der Waals surface area (Å²) in [6.07, 6.45) is 1.13. The predicted molar refractivity (Wildman–Crippen MR) is 76.6 cm³/mol. The largest absolute Gasteiger partial charge is 0.301 e. The second kappa shape index (κ2) is 5.68. The Morgan fingerprint density at radius 3 is 2.00 bits per heavy atom. The maximum atomic E-state index is 2.41. The fraction of sp³-hybridized carbons (Fsp3) is 0.625. The van der Waals surface area contributed by atoms with Crippen molar-refractivity contribution < 1.29 is 0 Å². The topological polar surface area (TPSA) is 3.24 Å². The van der Waals surface area contributed by atoms with Crippen LogP contribution in [0.3, 0.4) is 0 Å². The Morgan fingerprint density at radius 1 is 1.06 bits per heavy atom. The molecule has 1 rings (SSSR count). The number of benzene rings is 1. The van der Waals surface area contributed by atoms with E-state index < -0.39 is 0 Å². The highest BCUT2D eigenvalue weighted by Crippen LogP contribution is 2.16. The van der Waals surface area contributed by atoms with Crippen LogP contribution in [0, 0.1) is 0 Å². The molecule has 0 amide bonds. The third-order valence-corrected chi connectivity index (χ3v) is 3.53. The van der Waals surface area contributed by atoms with Gasteiger partial charge in [0.1, 0.15) is 0 Å². The highest BCUT2D eigenvalue weighted by molar-refractivity contribution is 5.24. The molecule has 0 saturated carbocycles. The van der Waals surface area contributed by atoms with Crippen molar-refractivity contribution in [3.05, 3.63) is 35.4 Å². The van der Waals surface area contributed by atoms with E-state index in [9.17, 15) is 0 Å². The molecule has 0 aliphatic rings. The zero-order chi connectivity index (χ0) is 13.1. The summed E-state index contributed by atoms with van der Waals surface area (Å²) in [5.74, 6) is 0.626. The normalized spacial score (nSPS) is 12.5. The van der Waals surface area contributed by atoms with E-state index in [2.05, 4.69) is 70.8 Å². The Bertz CT molecular complexity index is 330. The summed E-state index contributed by atoms with van der Waals surface area (Å²) in [7, 11) is 2.20. The van der Waals surface area contributed by atoms with Gasteiger partial charge in [0.2, 0.25) is 0 Å². The molecule has 0 aliphatic carbocycles. The molecule has 0 fully saturated rings. The lowest BCUT2D eigenvalue weighted by Crippen LogP contribution is -2.39. The van der Waals surface area contributed by atoms with Crippen LogP contribution in [0.15, 0.2) is 24.3 Å². The van der Waals surface area contributed by atoms with E-state index in [-0.39, 0.29) is 5.54 Å². The summed E-state index contributed by atoms with van der Waals surface area (Å²) in [4.78, 5) is 2.41. The van der Waals surface area contributed by atoms with Crippen LogP contribution in [-0.2, 0) is 6.42 Å². The van der Waals surface area contributed by atoms with Gasteiger partial charge in [-0.3, -0.25) is 0 Å². The van der Waals surface area contributed by atoms with E-state index in [1.54, 1.807) is 0 Å². The lowest BCUT2D eigenvalue weighted by Gasteiger charge is -2.31. The molecule has 17 heavy (non-hydrogen) atoms. The minimum Gasteiger partial charge on any atom is -0.301 e. The SMILES string of the molecule is CC(C)c1ccc(CCN(C)C(C)(C)C)cc1. The van der Waals surface area contributed by atoms with Gasteiger partial charge in [-0.15, -0.1) is 0 Å². The first kappa shape index (κ1) is 14.2. The van der Waals surface area contributed by atoms with E-state index >= 15 is 0 Å². The smallest absolute Gasteiger partial charge is 0.0122 e. The summed E-state index contributed by atoms with van der Waals surface area (Å²) in [6.45, 7) is 12.4. The summed E-state index contributed by atoms with van der Waals surface area (Å²) < 4.78 is 0. The van der Waals surface area contributed by atoms with Crippen molar-refractivity contribution in [3.8, 4) is 0 Å². The first-order valence-corrected chi connectivity index (χ1v) is 6.61. The van der Waals surface area contributed by atoms with Crippen LogP contribution >= 0.6 is 0 Å².